The summed E-state index contributed by atoms with van der Waals surface area (Å²) in [6.07, 6.45) is 1.42. The SMILES string of the molecule is COc1cccc(-c2nc(C[NH+]3CCC(=O)CC3)cs2)c1. The van der Waals surface area contributed by atoms with E-state index in [1.807, 2.05) is 18.2 Å². The summed E-state index contributed by atoms with van der Waals surface area (Å²) >= 11 is 1.66. The van der Waals surface area contributed by atoms with Crippen molar-refractivity contribution in [3.8, 4) is 16.3 Å². The second kappa shape index (κ2) is 6.37. The summed E-state index contributed by atoms with van der Waals surface area (Å²) in [6, 6.07) is 7.98. The van der Waals surface area contributed by atoms with Crippen LogP contribution >= 0.6 is 11.3 Å². The predicted octanol–water partition coefficient (Wildman–Crippen LogP) is 1.57. The molecule has 0 bridgehead atoms. The van der Waals surface area contributed by atoms with Crippen LogP contribution in [0.5, 0.6) is 5.75 Å². The number of likely N-dealkylation sites (tertiary alicyclic amines) is 1. The van der Waals surface area contributed by atoms with Crippen molar-refractivity contribution in [2.75, 3.05) is 20.2 Å². The van der Waals surface area contributed by atoms with E-state index in [0.717, 1.165) is 41.6 Å². The van der Waals surface area contributed by atoms with Crippen LogP contribution in [-0.2, 0) is 11.3 Å². The smallest absolute Gasteiger partial charge is 0.144 e. The summed E-state index contributed by atoms with van der Waals surface area (Å²) in [7, 11) is 1.67. The second-order valence-electron chi connectivity index (χ2n) is 5.34. The van der Waals surface area contributed by atoms with E-state index in [1.165, 1.54) is 4.90 Å². The Bertz CT molecular complexity index is 629. The Balaban J connectivity index is 1.69. The van der Waals surface area contributed by atoms with E-state index >= 15 is 0 Å². The number of hydrogen-bond acceptors (Lipinski definition) is 4. The fraction of sp³-hybridized carbons (Fsp3) is 0.375. The van der Waals surface area contributed by atoms with Crippen molar-refractivity contribution in [2.45, 2.75) is 19.4 Å². The van der Waals surface area contributed by atoms with Gasteiger partial charge in [-0.3, -0.25) is 4.79 Å². The predicted molar refractivity (Wildman–Crippen MR) is 82.7 cm³/mol. The van der Waals surface area contributed by atoms with E-state index in [2.05, 4.69) is 11.4 Å². The van der Waals surface area contributed by atoms with Gasteiger partial charge in [-0.1, -0.05) is 12.1 Å². The molecule has 1 aromatic heterocycles. The van der Waals surface area contributed by atoms with E-state index in [4.69, 9.17) is 9.72 Å². The van der Waals surface area contributed by atoms with Gasteiger partial charge >= 0.3 is 0 Å². The highest BCUT2D eigenvalue weighted by atomic mass is 32.1. The summed E-state index contributed by atoms with van der Waals surface area (Å²) in [5.74, 6) is 1.25. The molecule has 0 atom stereocenters. The number of ketones is 1. The Hall–Kier alpha value is -1.72. The molecule has 1 aliphatic heterocycles. The molecule has 2 heterocycles. The lowest BCUT2D eigenvalue weighted by molar-refractivity contribution is -0.915. The maximum Gasteiger partial charge on any atom is 0.144 e. The van der Waals surface area contributed by atoms with Gasteiger partial charge in [0, 0.05) is 10.9 Å². The molecule has 2 aromatic rings. The van der Waals surface area contributed by atoms with Gasteiger partial charge in [0.15, 0.2) is 0 Å². The number of hydrogen-bond donors (Lipinski definition) is 1. The highest BCUT2D eigenvalue weighted by Crippen LogP contribution is 2.26. The third-order valence-corrected chi connectivity index (χ3v) is 4.75. The van der Waals surface area contributed by atoms with Crippen LogP contribution in [-0.4, -0.2) is 31.0 Å². The van der Waals surface area contributed by atoms with Crippen molar-refractivity contribution in [3.63, 3.8) is 0 Å². The van der Waals surface area contributed by atoms with Crippen molar-refractivity contribution in [3.05, 3.63) is 35.3 Å². The summed E-state index contributed by atoms with van der Waals surface area (Å²) < 4.78 is 5.26. The van der Waals surface area contributed by atoms with Gasteiger partial charge in [0.25, 0.3) is 0 Å². The Kier molecular flexibility index (Phi) is 4.31. The van der Waals surface area contributed by atoms with Crippen molar-refractivity contribution in [2.24, 2.45) is 0 Å². The first kappa shape index (κ1) is 14.2. The molecule has 0 unspecified atom stereocenters. The molecule has 4 nitrogen and oxygen atoms in total. The highest BCUT2D eigenvalue weighted by molar-refractivity contribution is 7.13. The number of methoxy groups -OCH3 is 1. The van der Waals surface area contributed by atoms with Crippen LogP contribution in [0, 0.1) is 0 Å². The van der Waals surface area contributed by atoms with E-state index in [0.29, 0.717) is 18.6 Å². The third-order valence-electron chi connectivity index (χ3n) is 3.81. The van der Waals surface area contributed by atoms with E-state index in [1.54, 1.807) is 18.4 Å². The maximum absolute atomic E-state index is 11.3. The normalized spacial score (nSPS) is 16.1. The average Bonchev–Trinajstić information content (AvgIpc) is 2.98. The van der Waals surface area contributed by atoms with Crippen LogP contribution in [0.4, 0.5) is 0 Å². The minimum Gasteiger partial charge on any atom is -0.497 e. The third kappa shape index (κ3) is 3.49. The quantitative estimate of drug-likeness (QED) is 0.932. The number of quaternary nitrogens is 1. The van der Waals surface area contributed by atoms with Gasteiger partial charge in [-0.05, 0) is 12.1 Å². The number of nitrogens with zero attached hydrogens (tertiary/aromatic N) is 1. The van der Waals surface area contributed by atoms with Crippen LogP contribution < -0.4 is 9.64 Å². The molecule has 5 heteroatoms. The zero-order valence-corrected chi connectivity index (χ0v) is 12.9. The molecule has 21 heavy (non-hydrogen) atoms. The molecule has 1 saturated heterocycles. The van der Waals surface area contributed by atoms with Gasteiger partial charge in [0.05, 0.1) is 33.0 Å². The van der Waals surface area contributed by atoms with Crippen molar-refractivity contribution < 1.29 is 14.4 Å². The minimum atomic E-state index is 0.397. The monoisotopic (exact) mass is 303 g/mol. The first-order valence-corrected chi connectivity index (χ1v) is 8.06. The molecule has 110 valence electrons. The van der Waals surface area contributed by atoms with Gasteiger partial charge < -0.3 is 9.64 Å². The van der Waals surface area contributed by atoms with E-state index in [-0.39, 0.29) is 0 Å². The van der Waals surface area contributed by atoms with Crippen LogP contribution in [0.1, 0.15) is 18.5 Å². The standard InChI is InChI=1S/C16H18N2O2S/c1-20-15-4-2-3-12(9-15)16-17-13(11-21-16)10-18-7-5-14(19)6-8-18/h2-4,9,11H,5-8,10H2,1H3/p+1. The van der Waals surface area contributed by atoms with Crippen molar-refractivity contribution >= 4 is 17.1 Å². The van der Waals surface area contributed by atoms with E-state index in [9.17, 15) is 4.79 Å². The molecule has 1 fully saturated rings. The molecule has 0 amide bonds. The number of nitrogens with one attached hydrogen (secondary N) is 1. The summed E-state index contributed by atoms with van der Waals surface area (Å²) in [4.78, 5) is 17.5. The molecular weight excluding hydrogens is 284 g/mol. The molecular formula is C16H19N2O2S+. The lowest BCUT2D eigenvalue weighted by Crippen LogP contribution is -3.11. The summed E-state index contributed by atoms with van der Waals surface area (Å²) in [5.41, 5.74) is 2.21. The van der Waals surface area contributed by atoms with E-state index < -0.39 is 0 Å². The minimum absolute atomic E-state index is 0.397. The lowest BCUT2D eigenvalue weighted by Gasteiger charge is -2.21. The van der Waals surface area contributed by atoms with Crippen LogP contribution in [0.25, 0.3) is 10.6 Å². The number of carbonyl (C=O) groups excluding carboxylic acids is 1. The summed E-state index contributed by atoms with van der Waals surface area (Å²) in [6.45, 7) is 2.78. The Morgan fingerprint density at radius 2 is 2.14 bits per heavy atom. The van der Waals surface area contributed by atoms with Crippen LogP contribution in [0.2, 0.25) is 0 Å². The second-order valence-corrected chi connectivity index (χ2v) is 6.20. The summed E-state index contributed by atoms with van der Waals surface area (Å²) in [5, 5.41) is 3.15. The highest BCUT2D eigenvalue weighted by Gasteiger charge is 2.20. The lowest BCUT2D eigenvalue weighted by atomic mass is 10.1. The number of rotatable bonds is 4. The fourth-order valence-electron chi connectivity index (χ4n) is 2.59. The molecule has 0 spiro atoms. The number of ether oxygens (including phenoxy) is 1. The van der Waals surface area contributed by atoms with Crippen LogP contribution in [0.3, 0.4) is 0 Å². The van der Waals surface area contributed by atoms with Gasteiger partial charge in [0.2, 0.25) is 0 Å². The number of aromatic nitrogens is 1. The largest absolute Gasteiger partial charge is 0.497 e. The van der Waals surface area contributed by atoms with Gasteiger partial charge in [-0.2, -0.15) is 0 Å². The molecule has 1 aliphatic rings. The molecule has 0 aliphatic carbocycles. The Morgan fingerprint density at radius 3 is 2.90 bits per heavy atom. The first-order valence-electron chi connectivity index (χ1n) is 7.18. The van der Waals surface area contributed by atoms with Gasteiger partial charge in [-0.15, -0.1) is 11.3 Å². The van der Waals surface area contributed by atoms with Crippen molar-refractivity contribution in [1.29, 1.82) is 0 Å². The topological polar surface area (TPSA) is 43.6 Å². The van der Waals surface area contributed by atoms with Crippen molar-refractivity contribution in [1.82, 2.24) is 4.98 Å². The number of Topliss-reactive ketones (excluding diaryl/α,β-unsaturated/α-hetero) is 1. The molecule has 3 rings (SSSR count). The number of benzene rings is 1. The van der Waals surface area contributed by atoms with Crippen LogP contribution in [0.15, 0.2) is 29.6 Å². The molecule has 0 radical (unpaired) electrons. The maximum atomic E-state index is 11.3. The fourth-order valence-corrected chi connectivity index (χ4v) is 3.41. The van der Waals surface area contributed by atoms with Gasteiger partial charge in [0.1, 0.15) is 28.8 Å². The number of thiazole rings is 1. The molecule has 1 N–H and O–H groups in total. The molecule has 0 saturated carbocycles. The Labute approximate surface area is 128 Å². The van der Waals surface area contributed by atoms with Gasteiger partial charge in [-0.25, -0.2) is 4.98 Å². The Morgan fingerprint density at radius 1 is 1.33 bits per heavy atom. The zero-order valence-electron chi connectivity index (χ0n) is 12.1. The molecule has 1 aromatic carbocycles. The zero-order chi connectivity index (χ0) is 14.7. The average molecular weight is 303 g/mol. The first-order chi connectivity index (χ1) is 10.2. The number of carbonyl (C=O) groups is 1. The number of piperidine rings is 1.